The molecule has 1 unspecified atom stereocenters. The molecule has 1 aliphatic heterocycles. The minimum atomic E-state index is -1.09. The van der Waals surface area contributed by atoms with E-state index in [0.717, 1.165) is 23.4 Å². The number of pyridine rings is 1. The smallest absolute Gasteiger partial charge is 0.404 e. The van der Waals surface area contributed by atoms with Gasteiger partial charge in [0.2, 0.25) is 0 Å². The van der Waals surface area contributed by atoms with Gasteiger partial charge in [0, 0.05) is 30.3 Å². The van der Waals surface area contributed by atoms with Crippen LogP contribution < -0.4 is 27.3 Å². The molecule has 1 amide bonds. The average molecular weight is 405 g/mol. The Morgan fingerprint density at radius 3 is 2.66 bits per heavy atom. The molecular formula is C19H24FN5O4. The Morgan fingerprint density at radius 1 is 1.34 bits per heavy atom. The molecule has 9 nitrogen and oxygen atoms in total. The molecule has 3 heterocycles. The molecular weight excluding hydrogens is 381 g/mol. The first kappa shape index (κ1) is 19.3. The minimum Gasteiger partial charge on any atom is -0.465 e. The summed E-state index contributed by atoms with van der Waals surface area (Å²) in [6, 6.07) is -0.268. The van der Waals surface area contributed by atoms with E-state index in [9.17, 15) is 14.4 Å². The number of carbonyl (C=O) groups is 1. The lowest BCUT2D eigenvalue weighted by molar-refractivity contribution is 0.186. The SMILES string of the molecule is Cc1c(N2CCC([C@@H](C)NC(=O)O)C2)c(F)cn2c(=O)n(N)c(=O)c(C3CC3)c12. The summed E-state index contributed by atoms with van der Waals surface area (Å²) < 4.78 is 16.8. The molecule has 1 saturated carbocycles. The fraction of sp³-hybridized carbons (Fsp3) is 0.526. The lowest BCUT2D eigenvalue weighted by atomic mass is 10.0. The largest absolute Gasteiger partial charge is 0.465 e. The zero-order chi connectivity index (χ0) is 21.0. The van der Waals surface area contributed by atoms with Gasteiger partial charge in [0.1, 0.15) is 0 Å². The van der Waals surface area contributed by atoms with Crippen molar-refractivity contribution < 1.29 is 14.3 Å². The molecule has 2 aliphatic rings. The topological polar surface area (TPSA) is 122 Å². The van der Waals surface area contributed by atoms with Gasteiger partial charge < -0.3 is 21.2 Å². The predicted octanol–water partition coefficient (Wildman–Crippen LogP) is 0.982. The van der Waals surface area contributed by atoms with Crippen molar-refractivity contribution in [3.05, 3.63) is 44.0 Å². The molecule has 4 N–H and O–H groups in total. The highest BCUT2D eigenvalue weighted by atomic mass is 19.1. The van der Waals surface area contributed by atoms with Crippen LogP contribution in [0.15, 0.2) is 15.8 Å². The van der Waals surface area contributed by atoms with Crippen molar-refractivity contribution in [2.24, 2.45) is 5.92 Å². The molecule has 1 aliphatic carbocycles. The Hall–Kier alpha value is -3.04. The highest BCUT2D eigenvalue weighted by Crippen LogP contribution is 2.42. The number of aryl methyl sites for hydroxylation is 1. The van der Waals surface area contributed by atoms with Crippen molar-refractivity contribution in [2.75, 3.05) is 23.8 Å². The van der Waals surface area contributed by atoms with Crippen LogP contribution in [0, 0.1) is 18.7 Å². The second-order valence-corrected chi connectivity index (χ2v) is 8.05. The number of nitrogens with one attached hydrogen (secondary N) is 1. The molecule has 0 bridgehead atoms. The zero-order valence-corrected chi connectivity index (χ0v) is 16.3. The molecule has 2 aromatic rings. The average Bonchev–Trinajstić information content (AvgIpc) is 3.37. The third-order valence-electron chi connectivity index (χ3n) is 6.12. The number of hydrogen-bond acceptors (Lipinski definition) is 5. The van der Waals surface area contributed by atoms with Gasteiger partial charge in [-0.15, -0.1) is 0 Å². The van der Waals surface area contributed by atoms with Crippen molar-refractivity contribution >= 4 is 17.3 Å². The monoisotopic (exact) mass is 405 g/mol. The summed E-state index contributed by atoms with van der Waals surface area (Å²) in [5.74, 6) is 5.13. The standard InChI is InChI=1S/C19H24FN5O4/c1-9-15(23-6-5-12(7-23)10(2)22-18(27)28)13(20)8-24-16(9)14(11-3-4-11)17(26)25(21)19(24)29/h8,10-12,22H,3-7,21H2,1-2H3,(H,27,28)/t10-,12?/m1/s1. The minimum absolute atomic E-state index is 0.0241. The van der Waals surface area contributed by atoms with E-state index < -0.39 is 23.2 Å². The molecule has 10 heteroatoms. The number of aromatic nitrogens is 2. The van der Waals surface area contributed by atoms with E-state index in [4.69, 9.17) is 10.9 Å². The summed E-state index contributed by atoms with van der Waals surface area (Å²) in [5.41, 5.74) is 0.466. The lowest BCUT2D eigenvalue weighted by Gasteiger charge is -2.25. The van der Waals surface area contributed by atoms with Crippen LogP contribution in [0.2, 0.25) is 0 Å². The number of anilines is 1. The van der Waals surface area contributed by atoms with Crippen LogP contribution in [0.3, 0.4) is 0 Å². The first-order valence-corrected chi connectivity index (χ1v) is 9.70. The number of rotatable bonds is 4. The van der Waals surface area contributed by atoms with E-state index in [-0.39, 0.29) is 17.9 Å². The van der Waals surface area contributed by atoms with E-state index in [0.29, 0.717) is 46.5 Å². The highest BCUT2D eigenvalue weighted by molar-refractivity contribution is 5.72. The van der Waals surface area contributed by atoms with Gasteiger partial charge >= 0.3 is 11.8 Å². The number of carboxylic acid groups (broad SMARTS) is 1. The number of fused-ring (bicyclic) bond motifs is 1. The molecule has 156 valence electrons. The molecule has 0 aromatic carbocycles. The second-order valence-electron chi connectivity index (χ2n) is 8.05. The van der Waals surface area contributed by atoms with Gasteiger partial charge in [0.15, 0.2) is 5.82 Å². The van der Waals surface area contributed by atoms with Crippen LogP contribution >= 0.6 is 0 Å². The molecule has 4 rings (SSSR count). The van der Waals surface area contributed by atoms with Crippen LogP contribution in [0.5, 0.6) is 0 Å². The highest BCUT2D eigenvalue weighted by Gasteiger charge is 2.34. The van der Waals surface area contributed by atoms with E-state index in [1.165, 1.54) is 0 Å². The van der Waals surface area contributed by atoms with Gasteiger partial charge in [-0.05, 0) is 44.9 Å². The molecule has 0 radical (unpaired) electrons. The zero-order valence-electron chi connectivity index (χ0n) is 16.3. The van der Waals surface area contributed by atoms with Gasteiger partial charge in [-0.2, -0.15) is 4.68 Å². The van der Waals surface area contributed by atoms with Crippen molar-refractivity contribution in [2.45, 2.75) is 45.1 Å². The van der Waals surface area contributed by atoms with Gasteiger partial charge in [-0.25, -0.2) is 14.0 Å². The Bertz CT molecular complexity index is 1120. The Morgan fingerprint density at radius 2 is 2.03 bits per heavy atom. The second kappa shape index (κ2) is 6.78. The van der Waals surface area contributed by atoms with Crippen molar-refractivity contribution in [3.8, 4) is 0 Å². The van der Waals surface area contributed by atoms with E-state index in [1.54, 1.807) is 13.8 Å². The number of halogens is 1. The Kier molecular flexibility index (Phi) is 4.51. The molecule has 29 heavy (non-hydrogen) atoms. The van der Waals surface area contributed by atoms with Crippen LogP contribution in [0.4, 0.5) is 14.9 Å². The fourth-order valence-corrected chi connectivity index (χ4v) is 4.47. The third-order valence-corrected chi connectivity index (χ3v) is 6.12. The first-order chi connectivity index (χ1) is 13.7. The fourth-order valence-electron chi connectivity index (χ4n) is 4.47. The van der Waals surface area contributed by atoms with E-state index in [2.05, 4.69) is 5.32 Å². The summed E-state index contributed by atoms with van der Waals surface area (Å²) in [5, 5.41) is 11.4. The quantitative estimate of drug-likeness (QED) is 0.652. The van der Waals surface area contributed by atoms with Crippen molar-refractivity contribution in [1.82, 2.24) is 14.4 Å². The number of nitrogens with two attached hydrogens (primary N) is 1. The molecule has 0 spiro atoms. The summed E-state index contributed by atoms with van der Waals surface area (Å²) >= 11 is 0. The van der Waals surface area contributed by atoms with Crippen LogP contribution in [0.1, 0.15) is 43.2 Å². The molecule has 1 saturated heterocycles. The number of nitrogens with zero attached hydrogens (tertiary/aromatic N) is 3. The van der Waals surface area contributed by atoms with Crippen LogP contribution in [0.25, 0.3) is 5.52 Å². The maximum Gasteiger partial charge on any atom is 0.404 e. The summed E-state index contributed by atoms with van der Waals surface area (Å²) in [6.45, 7) is 4.54. The van der Waals surface area contributed by atoms with Crippen molar-refractivity contribution in [1.29, 1.82) is 0 Å². The Labute approximate surface area is 165 Å². The normalized spacial score (nSPS) is 20.2. The summed E-state index contributed by atoms with van der Waals surface area (Å²) in [7, 11) is 0. The molecule has 2 fully saturated rings. The van der Waals surface area contributed by atoms with Gasteiger partial charge in [-0.3, -0.25) is 9.20 Å². The van der Waals surface area contributed by atoms with Gasteiger partial charge in [0.25, 0.3) is 5.56 Å². The number of hydrogen-bond donors (Lipinski definition) is 3. The number of nitrogen functional groups attached to an aromatic ring is 1. The van der Waals surface area contributed by atoms with Crippen molar-refractivity contribution in [3.63, 3.8) is 0 Å². The number of amides is 1. The lowest BCUT2D eigenvalue weighted by Crippen LogP contribution is -2.44. The summed E-state index contributed by atoms with van der Waals surface area (Å²) in [4.78, 5) is 37.9. The van der Waals surface area contributed by atoms with Crippen LogP contribution in [-0.2, 0) is 0 Å². The summed E-state index contributed by atoms with van der Waals surface area (Å²) in [6.07, 6.45) is 2.38. The van der Waals surface area contributed by atoms with Crippen LogP contribution in [-0.4, -0.2) is 39.4 Å². The van der Waals surface area contributed by atoms with Gasteiger partial charge in [-0.1, -0.05) is 0 Å². The first-order valence-electron chi connectivity index (χ1n) is 9.70. The Balaban J connectivity index is 1.82. The maximum atomic E-state index is 15.1. The third kappa shape index (κ3) is 3.12. The predicted molar refractivity (Wildman–Crippen MR) is 106 cm³/mol. The van der Waals surface area contributed by atoms with E-state index in [1.807, 2.05) is 4.90 Å². The van der Waals surface area contributed by atoms with Gasteiger partial charge in [0.05, 0.1) is 17.4 Å². The molecule has 2 aromatic heterocycles. The molecule has 2 atom stereocenters. The maximum absolute atomic E-state index is 15.1. The van der Waals surface area contributed by atoms with E-state index >= 15 is 4.39 Å².